The van der Waals surface area contributed by atoms with Gasteiger partial charge < -0.3 is 15.2 Å². The van der Waals surface area contributed by atoms with Gasteiger partial charge >= 0.3 is 0 Å². The molecule has 5 heteroatoms. The Morgan fingerprint density at radius 1 is 1.27 bits per heavy atom. The van der Waals surface area contributed by atoms with Gasteiger partial charge in [0.15, 0.2) is 0 Å². The number of rotatable bonds is 7. The van der Waals surface area contributed by atoms with Crippen molar-refractivity contribution < 1.29 is 14.2 Å². The molecular weight excluding hydrogens is 305 g/mol. The van der Waals surface area contributed by atoms with E-state index in [-0.39, 0.29) is 18.5 Å². The maximum Gasteiger partial charge on any atom is 0.124 e. The number of hydrogen-bond donors (Lipinski definition) is 2. The second kappa shape index (κ2) is 8.13. The molecule has 0 saturated heterocycles. The van der Waals surface area contributed by atoms with E-state index in [1.54, 1.807) is 13.0 Å². The lowest BCUT2D eigenvalue weighted by Crippen LogP contribution is -2.23. The quantitative estimate of drug-likeness (QED) is 0.819. The van der Waals surface area contributed by atoms with Gasteiger partial charge in [0.05, 0.1) is 11.1 Å². The van der Waals surface area contributed by atoms with Crippen molar-refractivity contribution >= 4 is 11.6 Å². The molecule has 0 heterocycles. The molecule has 0 saturated carbocycles. The highest BCUT2D eigenvalue weighted by molar-refractivity contribution is 6.31. The van der Waals surface area contributed by atoms with E-state index in [0.29, 0.717) is 18.1 Å². The molecule has 2 rings (SSSR count). The Bertz CT molecular complexity index is 619. The Kier molecular flexibility index (Phi) is 6.19. The standard InChI is InChI=1S/C17H19ClFNO2/c1-12(21)9-20-10-13-3-2-4-16(7-13)22-11-14-5-6-15(19)8-17(14)18/h2-8,12,20-21H,9-11H2,1H3/t12-/m0/s1. The van der Waals surface area contributed by atoms with Gasteiger partial charge in [0, 0.05) is 18.7 Å². The molecule has 3 nitrogen and oxygen atoms in total. The van der Waals surface area contributed by atoms with Gasteiger partial charge in [-0.3, -0.25) is 0 Å². The summed E-state index contributed by atoms with van der Waals surface area (Å²) < 4.78 is 18.7. The lowest BCUT2D eigenvalue weighted by molar-refractivity contribution is 0.191. The third kappa shape index (κ3) is 5.30. The van der Waals surface area contributed by atoms with Gasteiger partial charge in [-0.2, -0.15) is 0 Å². The van der Waals surface area contributed by atoms with Crippen molar-refractivity contribution in [3.63, 3.8) is 0 Å². The van der Waals surface area contributed by atoms with Gasteiger partial charge in [0.2, 0.25) is 0 Å². The number of halogens is 2. The van der Waals surface area contributed by atoms with Gasteiger partial charge in [-0.1, -0.05) is 29.8 Å². The third-order valence-corrected chi connectivity index (χ3v) is 3.43. The normalized spacial score (nSPS) is 12.2. The molecule has 22 heavy (non-hydrogen) atoms. The lowest BCUT2D eigenvalue weighted by Gasteiger charge is -2.10. The van der Waals surface area contributed by atoms with E-state index >= 15 is 0 Å². The van der Waals surface area contributed by atoms with Crippen LogP contribution in [-0.2, 0) is 13.2 Å². The maximum atomic E-state index is 13.0. The zero-order valence-corrected chi connectivity index (χ0v) is 13.1. The summed E-state index contributed by atoms with van der Waals surface area (Å²) in [5.74, 6) is 0.358. The fourth-order valence-corrected chi connectivity index (χ4v) is 2.19. The molecule has 0 radical (unpaired) electrons. The highest BCUT2D eigenvalue weighted by Crippen LogP contribution is 2.20. The van der Waals surface area contributed by atoms with Crippen LogP contribution >= 0.6 is 11.6 Å². The molecule has 2 aromatic rings. The van der Waals surface area contributed by atoms with Crippen molar-refractivity contribution in [1.29, 1.82) is 0 Å². The molecule has 0 fully saturated rings. The Labute approximate surface area is 134 Å². The molecule has 0 aliphatic heterocycles. The maximum absolute atomic E-state index is 13.0. The van der Waals surface area contributed by atoms with Crippen molar-refractivity contribution in [2.45, 2.75) is 26.2 Å². The first-order valence-corrected chi connectivity index (χ1v) is 7.47. The largest absolute Gasteiger partial charge is 0.489 e. The molecule has 1 atom stereocenters. The molecule has 0 unspecified atom stereocenters. The predicted octanol–water partition coefficient (Wildman–Crippen LogP) is 3.53. The SMILES string of the molecule is C[C@H](O)CNCc1cccc(OCc2ccc(F)cc2Cl)c1. The van der Waals surface area contributed by atoms with Gasteiger partial charge in [-0.15, -0.1) is 0 Å². The van der Waals surface area contributed by atoms with E-state index in [1.165, 1.54) is 12.1 Å². The van der Waals surface area contributed by atoms with Crippen LogP contribution in [0.4, 0.5) is 4.39 Å². The number of benzene rings is 2. The number of ether oxygens (including phenoxy) is 1. The number of aliphatic hydroxyl groups is 1. The van der Waals surface area contributed by atoms with Crippen molar-refractivity contribution in [2.75, 3.05) is 6.54 Å². The van der Waals surface area contributed by atoms with Gasteiger partial charge in [0.1, 0.15) is 18.2 Å². The topological polar surface area (TPSA) is 41.5 Å². The molecule has 2 N–H and O–H groups in total. The van der Waals surface area contributed by atoms with Crippen molar-refractivity contribution in [3.8, 4) is 5.75 Å². The third-order valence-electron chi connectivity index (χ3n) is 3.08. The van der Waals surface area contributed by atoms with E-state index in [0.717, 1.165) is 16.9 Å². The molecule has 0 aliphatic rings. The molecule has 0 bridgehead atoms. The summed E-state index contributed by atoms with van der Waals surface area (Å²) in [4.78, 5) is 0. The second-order valence-corrected chi connectivity index (χ2v) is 5.56. The molecule has 0 aromatic heterocycles. The van der Waals surface area contributed by atoms with E-state index < -0.39 is 0 Å². The van der Waals surface area contributed by atoms with Crippen molar-refractivity contribution in [2.24, 2.45) is 0 Å². The second-order valence-electron chi connectivity index (χ2n) is 5.15. The zero-order chi connectivity index (χ0) is 15.9. The van der Waals surface area contributed by atoms with Gasteiger partial charge in [-0.05, 0) is 36.8 Å². The molecule has 118 valence electrons. The van der Waals surface area contributed by atoms with Crippen LogP contribution in [0, 0.1) is 5.82 Å². The number of hydrogen-bond acceptors (Lipinski definition) is 3. The van der Waals surface area contributed by atoms with Crippen LogP contribution in [0.25, 0.3) is 0 Å². The van der Waals surface area contributed by atoms with Crippen LogP contribution in [0.2, 0.25) is 5.02 Å². The van der Waals surface area contributed by atoms with E-state index in [4.69, 9.17) is 16.3 Å². The minimum absolute atomic E-state index is 0.281. The number of nitrogens with one attached hydrogen (secondary N) is 1. The average molecular weight is 324 g/mol. The summed E-state index contributed by atoms with van der Waals surface area (Å²) in [5, 5.41) is 12.7. The van der Waals surface area contributed by atoms with E-state index in [9.17, 15) is 9.50 Å². The molecule has 0 amide bonds. The molecule has 0 spiro atoms. The molecular formula is C17H19ClFNO2. The Balaban J connectivity index is 1.92. The lowest BCUT2D eigenvalue weighted by atomic mass is 10.2. The van der Waals surface area contributed by atoms with E-state index in [1.807, 2.05) is 24.3 Å². The van der Waals surface area contributed by atoms with Crippen LogP contribution < -0.4 is 10.1 Å². The Hall–Kier alpha value is -1.62. The first-order valence-electron chi connectivity index (χ1n) is 7.09. The van der Waals surface area contributed by atoms with Crippen molar-refractivity contribution in [3.05, 3.63) is 64.4 Å². The average Bonchev–Trinajstić information content (AvgIpc) is 2.46. The predicted molar refractivity (Wildman–Crippen MR) is 85.6 cm³/mol. The summed E-state index contributed by atoms with van der Waals surface area (Å²) in [7, 11) is 0. The highest BCUT2D eigenvalue weighted by Gasteiger charge is 2.04. The number of aliphatic hydroxyl groups excluding tert-OH is 1. The van der Waals surface area contributed by atoms with Crippen molar-refractivity contribution in [1.82, 2.24) is 5.32 Å². The Morgan fingerprint density at radius 3 is 2.82 bits per heavy atom. The molecule has 0 aliphatic carbocycles. The molecule has 2 aromatic carbocycles. The zero-order valence-electron chi connectivity index (χ0n) is 12.4. The smallest absolute Gasteiger partial charge is 0.124 e. The van der Waals surface area contributed by atoms with Gasteiger partial charge in [-0.25, -0.2) is 4.39 Å². The first-order chi connectivity index (χ1) is 10.5. The van der Waals surface area contributed by atoms with Gasteiger partial charge in [0.25, 0.3) is 0 Å². The minimum atomic E-state index is -0.375. The highest BCUT2D eigenvalue weighted by atomic mass is 35.5. The van der Waals surface area contributed by atoms with Crippen LogP contribution in [0.15, 0.2) is 42.5 Å². The summed E-state index contributed by atoms with van der Waals surface area (Å²) >= 11 is 5.97. The van der Waals surface area contributed by atoms with Crippen LogP contribution in [0.1, 0.15) is 18.1 Å². The summed E-state index contributed by atoms with van der Waals surface area (Å²) in [6.07, 6.45) is -0.375. The minimum Gasteiger partial charge on any atom is -0.489 e. The first kappa shape index (κ1) is 16.7. The summed E-state index contributed by atoms with van der Waals surface area (Å²) in [6.45, 7) is 3.21. The summed E-state index contributed by atoms with van der Waals surface area (Å²) in [6, 6.07) is 11.9. The van der Waals surface area contributed by atoms with Crippen LogP contribution in [0.5, 0.6) is 5.75 Å². The summed E-state index contributed by atoms with van der Waals surface area (Å²) in [5.41, 5.74) is 1.80. The van der Waals surface area contributed by atoms with E-state index in [2.05, 4.69) is 5.32 Å². The fraction of sp³-hybridized carbons (Fsp3) is 0.294. The Morgan fingerprint density at radius 2 is 2.09 bits per heavy atom. The van der Waals surface area contributed by atoms with Crippen LogP contribution in [0.3, 0.4) is 0 Å². The monoisotopic (exact) mass is 323 g/mol. The fourth-order valence-electron chi connectivity index (χ4n) is 1.97. The van der Waals surface area contributed by atoms with Crippen LogP contribution in [-0.4, -0.2) is 17.8 Å².